The molecule has 1 aliphatic heterocycles. The van der Waals surface area contributed by atoms with E-state index in [0.717, 1.165) is 11.1 Å². The van der Waals surface area contributed by atoms with Crippen LogP contribution in [0.5, 0.6) is 0 Å². The highest BCUT2D eigenvalue weighted by atomic mass is 35.5. The van der Waals surface area contributed by atoms with Crippen LogP contribution in [0.15, 0.2) is 42.5 Å². The minimum Gasteiger partial charge on any atom is -0.324 e. The lowest BCUT2D eigenvalue weighted by molar-refractivity contribution is -0.120. The van der Waals surface area contributed by atoms with E-state index in [1.165, 1.54) is 0 Å². The van der Waals surface area contributed by atoms with Crippen LogP contribution in [-0.2, 0) is 16.6 Å². The van der Waals surface area contributed by atoms with E-state index in [9.17, 15) is 4.79 Å². The van der Waals surface area contributed by atoms with E-state index in [1.54, 1.807) is 12.1 Å². The maximum Gasteiger partial charge on any atom is 0.235 e. The summed E-state index contributed by atoms with van der Waals surface area (Å²) in [6.07, 6.45) is 0.590. The van der Waals surface area contributed by atoms with E-state index in [2.05, 4.69) is 5.32 Å². The number of benzene rings is 2. The quantitative estimate of drug-likeness (QED) is 0.873. The van der Waals surface area contributed by atoms with Crippen LogP contribution in [0.3, 0.4) is 0 Å². The number of rotatable bonds is 2. The monoisotopic (exact) mass is 305 g/mol. The zero-order chi connectivity index (χ0) is 14.3. The van der Waals surface area contributed by atoms with Gasteiger partial charge in [0.05, 0.1) is 16.1 Å². The fourth-order valence-corrected chi connectivity index (χ4v) is 3.32. The van der Waals surface area contributed by atoms with Gasteiger partial charge in [0, 0.05) is 10.6 Å². The summed E-state index contributed by atoms with van der Waals surface area (Å²) in [4.78, 5) is 12.4. The fourth-order valence-electron chi connectivity index (χ4n) is 2.75. The van der Waals surface area contributed by atoms with E-state index in [4.69, 9.17) is 23.2 Å². The summed E-state index contributed by atoms with van der Waals surface area (Å²) in [7, 11) is 0. The van der Waals surface area contributed by atoms with Crippen LogP contribution in [-0.4, -0.2) is 5.91 Å². The van der Waals surface area contributed by atoms with Gasteiger partial charge in [-0.1, -0.05) is 53.5 Å². The molecule has 3 rings (SSSR count). The summed E-state index contributed by atoms with van der Waals surface area (Å²) >= 11 is 12.5. The van der Waals surface area contributed by atoms with Gasteiger partial charge in [-0.25, -0.2) is 0 Å². The van der Waals surface area contributed by atoms with Crippen molar-refractivity contribution in [1.29, 1.82) is 0 Å². The summed E-state index contributed by atoms with van der Waals surface area (Å²) in [5, 5.41) is 3.96. The van der Waals surface area contributed by atoms with Gasteiger partial charge in [0.1, 0.15) is 0 Å². The van der Waals surface area contributed by atoms with Gasteiger partial charge in [-0.3, -0.25) is 4.79 Å². The molecule has 0 aliphatic carbocycles. The van der Waals surface area contributed by atoms with Crippen LogP contribution < -0.4 is 5.32 Å². The number of hydrogen-bond acceptors (Lipinski definition) is 1. The Bertz CT molecular complexity index is 684. The lowest BCUT2D eigenvalue weighted by Crippen LogP contribution is -2.33. The maximum absolute atomic E-state index is 12.4. The second-order valence-electron chi connectivity index (χ2n) is 5.23. The normalized spacial score (nSPS) is 20.6. The molecule has 20 heavy (non-hydrogen) atoms. The van der Waals surface area contributed by atoms with Crippen LogP contribution in [0, 0.1) is 0 Å². The van der Waals surface area contributed by atoms with Gasteiger partial charge in [-0.2, -0.15) is 0 Å². The second kappa shape index (κ2) is 4.80. The van der Waals surface area contributed by atoms with Crippen molar-refractivity contribution in [1.82, 2.24) is 0 Å². The standard InChI is InChI=1S/C16H13Cl2NO/c1-16(9-10-5-3-2-4-6-10)13-11(17)7-8-12(18)14(13)19-15(16)20/h2-8H,9H2,1H3,(H,19,20). The number of nitrogens with one attached hydrogen (secondary N) is 1. The summed E-state index contributed by atoms with van der Waals surface area (Å²) in [5.74, 6) is -0.0636. The Balaban J connectivity index is 2.11. The maximum atomic E-state index is 12.4. The number of fused-ring (bicyclic) bond motifs is 1. The van der Waals surface area contributed by atoms with Gasteiger partial charge in [-0.15, -0.1) is 0 Å². The van der Waals surface area contributed by atoms with Gasteiger partial charge in [0.15, 0.2) is 0 Å². The van der Waals surface area contributed by atoms with Crippen molar-refractivity contribution in [3.05, 3.63) is 63.6 Å². The Kier molecular flexibility index (Phi) is 3.23. The molecular weight excluding hydrogens is 293 g/mol. The average molecular weight is 306 g/mol. The Morgan fingerprint density at radius 3 is 2.40 bits per heavy atom. The van der Waals surface area contributed by atoms with E-state index < -0.39 is 5.41 Å². The molecule has 2 nitrogen and oxygen atoms in total. The molecule has 0 saturated carbocycles. The minimum atomic E-state index is -0.696. The third-order valence-electron chi connectivity index (χ3n) is 3.80. The van der Waals surface area contributed by atoms with Crippen molar-refractivity contribution < 1.29 is 4.79 Å². The largest absolute Gasteiger partial charge is 0.324 e. The Morgan fingerprint density at radius 2 is 1.70 bits per heavy atom. The molecule has 1 amide bonds. The molecule has 0 bridgehead atoms. The molecule has 1 atom stereocenters. The highest BCUT2D eigenvalue weighted by Gasteiger charge is 2.45. The highest BCUT2D eigenvalue weighted by molar-refractivity contribution is 6.38. The molecular formula is C16H13Cl2NO. The summed E-state index contributed by atoms with van der Waals surface area (Å²) in [5.41, 5.74) is 1.83. The highest BCUT2D eigenvalue weighted by Crippen LogP contribution is 2.47. The SMILES string of the molecule is CC1(Cc2ccccc2)C(=O)Nc2c(Cl)ccc(Cl)c21. The zero-order valence-corrected chi connectivity index (χ0v) is 12.4. The fraction of sp³-hybridized carbons (Fsp3) is 0.188. The minimum absolute atomic E-state index is 0.0636. The molecule has 1 aliphatic rings. The number of halogens is 2. The first-order valence-corrected chi connectivity index (χ1v) is 7.12. The lowest BCUT2D eigenvalue weighted by Gasteiger charge is -2.23. The van der Waals surface area contributed by atoms with Crippen molar-refractivity contribution >= 4 is 34.8 Å². The molecule has 4 heteroatoms. The number of amides is 1. The Morgan fingerprint density at radius 1 is 1.05 bits per heavy atom. The van der Waals surface area contributed by atoms with Gasteiger partial charge >= 0.3 is 0 Å². The molecule has 1 N–H and O–H groups in total. The first-order chi connectivity index (χ1) is 9.52. The number of carbonyl (C=O) groups is 1. The summed E-state index contributed by atoms with van der Waals surface area (Å²) < 4.78 is 0. The molecule has 0 saturated heterocycles. The topological polar surface area (TPSA) is 29.1 Å². The Labute approximate surface area is 127 Å². The van der Waals surface area contributed by atoms with Gasteiger partial charge in [-0.05, 0) is 31.0 Å². The van der Waals surface area contributed by atoms with Crippen LogP contribution in [0.25, 0.3) is 0 Å². The third kappa shape index (κ3) is 2.00. The summed E-state index contributed by atoms with van der Waals surface area (Å²) in [6, 6.07) is 13.4. The van der Waals surface area contributed by atoms with Crippen LogP contribution in [0.2, 0.25) is 10.0 Å². The third-order valence-corrected chi connectivity index (χ3v) is 4.43. The second-order valence-corrected chi connectivity index (χ2v) is 6.04. The van der Waals surface area contributed by atoms with Crippen molar-refractivity contribution in [2.24, 2.45) is 0 Å². The molecule has 1 unspecified atom stereocenters. The van der Waals surface area contributed by atoms with Gasteiger partial charge in [0.25, 0.3) is 0 Å². The van der Waals surface area contributed by atoms with E-state index in [-0.39, 0.29) is 5.91 Å². The smallest absolute Gasteiger partial charge is 0.235 e. The van der Waals surface area contributed by atoms with Gasteiger partial charge in [0.2, 0.25) is 5.91 Å². The van der Waals surface area contributed by atoms with E-state index in [0.29, 0.717) is 22.2 Å². The predicted molar refractivity (Wildman–Crippen MR) is 82.6 cm³/mol. The molecule has 0 aromatic heterocycles. The molecule has 0 spiro atoms. The van der Waals surface area contributed by atoms with Crippen molar-refractivity contribution in [2.45, 2.75) is 18.8 Å². The molecule has 2 aromatic rings. The molecule has 0 fully saturated rings. The van der Waals surface area contributed by atoms with E-state index in [1.807, 2.05) is 37.3 Å². The zero-order valence-electron chi connectivity index (χ0n) is 10.9. The Hall–Kier alpha value is -1.51. The van der Waals surface area contributed by atoms with Crippen molar-refractivity contribution in [3.8, 4) is 0 Å². The molecule has 0 radical (unpaired) electrons. The van der Waals surface area contributed by atoms with Crippen LogP contribution in [0.4, 0.5) is 5.69 Å². The average Bonchev–Trinajstić information content (AvgIpc) is 2.69. The van der Waals surface area contributed by atoms with Crippen molar-refractivity contribution in [2.75, 3.05) is 5.32 Å². The summed E-state index contributed by atoms with van der Waals surface area (Å²) in [6.45, 7) is 1.91. The first-order valence-electron chi connectivity index (χ1n) is 6.36. The number of anilines is 1. The molecule has 1 heterocycles. The lowest BCUT2D eigenvalue weighted by atomic mass is 9.78. The predicted octanol–water partition coefficient (Wildman–Crippen LogP) is 4.45. The first kappa shape index (κ1) is 13.5. The van der Waals surface area contributed by atoms with Gasteiger partial charge < -0.3 is 5.32 Å². The van der Waals surface area contributed by atoms with Crippen LogP contribution in [0.1, 0.15) is 18.1 Å². The molecule has 102 valence electrons. The molecule has 2 aromatic carbocycles. The number of carbonyl (C=O) groups excluding carboxylic acids is 1. The van der Waals surface area contributed by atoms with Crippen molar-refractivity contribution in [3.63, 3.8) is 0 Å². The van der Waals surface area contributed by atoms with E-state index >= 15 is 0 Å². The van der Waals surface area contributed by atoms with Crippen LogP contribution >= 0.6 is 23.2 Å². The number of hydrogen-bond donors (Lipinski definition) is 1.